The SMILES string of the molecule is CC[C@@H]1C[C@]1(NC(=O)[C@@H]1CC(Oc2cc(-c3csc(NC(C)C)n3)nc3c(Cl)c(OC[C@H]4COCCN4C)ccc23)CN1C(=O)[C@@H](NC(=O)OC1C[C@@H]2C(C)[C@@H]2C1)C(C)(C)C)C(=O)O. The highest BCUT2D eigenvalue weighted by Crippen LogP contribution is 2.57. The van der Waals surface area contributed by atoms with Gasteiger partial charge in [-0.3, -0.25) is 14.5 Å². The number of likely N-dealkylation sites (N-methyl/N-ethyl adjacent to an activating group) is 1. The van der Waals surface area contributed by atoms with E-state index >= 15 is 0 Å². The lowest BCUT2D eigenvalue weighted by Crippen LogP contribution is -2.59. The van der Waals surface area contributed by atoms with Gasteiger partial charge in [-0.1, -0.05) is 52.6 Å². The highest BCUT2D eigenvalue weighted by atomic mass is 35.5. The molecule has 5 aliphatic rings. The first-order chi connectivity index (χ1) is 30.4. The number of carboxylic acids is 1. The van der Waals surface area contributed by atoms with Gasteiger partial charge in [0.2, 0.25) is 11.8 Å². The van der Waals surface area contributed by atoms with E-state index < -0.39 is 53.0 Å². The molecule has 0 bridgehead atoms. The minimum Gasteiger partial charge on any atom is -0.490 e. The van der Waals surface area contributed by atoms with Crippen LogP contribution in [0.2, 0.25) is 5.02 Å². The second-order valence-corrected chi connectivity index (χ2v) is 21.1. The van der Waals surface area contributed by atoms with Crippen molar-refractivity contribution in [1.82, 2.24) is 30.4 Å². The summed E-state index contributed by atoms with van der Waals surface area (Å²) >= 11 is 8.58. The van der Waals surface area contributed by atoms with Crippen LogP contribution in [0.3, 0.4) is 0 Å². The van der Waals surface area contributed by atoms with Crippen LogP contribution in [0.1, 0.15) is 80.6 Å². The second-order valence-electron chi connectivity index (χ2n) is 19.8. The number of thiazole rings is 1. The van der Waals surface area contributed by atoms with Crippen molar-refractivity contribution in [2.75, 3.05) is 45.3 Å². The fourth-order valence-corrected chi connectivity index (χ4v) is 10.9. The highest BCUT2D eigenvalue weighted by Gasteiger charge is 2.62. The van der Waals surface area contributed by atoms with E-state index in [4.69, 9.17) is 40.5 Å². The van der Waals surface area contributed by atoms with Gasteiger partial charge in [-0.15, -0.1) is 11.3 Å². The molecule has 4 heterocycles. The third-order valence-corrected chi connectivity index (χ3v) is 15.1. The van der Waals surface area contributed by atoms with Crippen molar-refractivity contribution in [3.05, 3.63) is 28.6 Å². The molecule has 3 unspecified atom stereocenters. The Morgan fingerprint density at radius 2 is 1.83 bits per heavy atom. The summed E-state index contributed by atoms with van der Waals surface area (Å²) in [5.41, 5.74) is -0.723. The van der Waals surface area contributed by atoms with Crippen molar-refractivity contribution >= 4 is 62.8 Å². The van der Waals surface area contributed by atoms with E-state index in [0.29, 0.717) is 84.2 Å². The van der Waals surface area contributed by atoms with Crippen LogP contribution < -0.4 is 25.4 Å². The lowest BCUT2D eigenvalue weighted by molar-refractivity contribution is -0.146. The predicted octanol–water partition coefficient (Wildman–Crippen LogP) is 6.44. The summed E-state index contributed by atoms with van der Waals surface area (Å²) in [7, 11) is 2.03. The Morgan fingerprint density at radius 3 is 2.48 bits per heavy atom. The molecular formula is C46H62ClN7O9S. The van der Waals surface area contributed by atoms with Gasteiger partial charge in [0.25, 0.3) is 0 Å². The molecule has 3 aliphatic carbocycles. The molecule has 0 spiro atoms. The van der Waals surface area contributed by atoms with Gasteiger partial charge in [-0.25, -0.2) is 19.6 Å². The van der Waals surface area contributed by atoms with Crippen LogP contribution in [0.15, 0.2) is 23.6 Å². The van der Waals surface area contributed by atoms with Crippen LogP contribution in [0.4, 0.5) is 9.93 Å². The Kier molecular flexibility index (Phi) is 13.0. The molecule has 16 nitrogen and oxygen atoms in total. The average Bonchev–Trinajstić information content (AvgIpc) is 3.73. The second kappa shape index (κ2) is 18.1. The first-order valence-corrected chi connectivity index (χ1v) is 23.9. The van der Waals surface area contributed by atoms with E-state index in [1.54, 1.807) is 12.1 Å². The summed E-state index contributed by atoms with van der Waals surface area (Å²) in [5, 5.41) is 22.7. The number of fused-ring (bicyclic) bond motifs is 2. The third-order valence-electron chi connectivity index (χ3n) is 13.9. The number of hydrogen-bond acceptors (Lipinski definition) is 13. The number of alkyl carbamates (subject to hydrolysis) is 1. The summed E-state index contributed by atoms with van der Waals surface area (Å²) in [6.07, 6.45) is 0.871. The molecule has 2 saturated heterocycles. The number of halogens is 1. The molecule has 1 aromatic carbocycles. The summed E-state index contributed by atoms with van der Waals surface area (Å²) in [6.45, 7) is 16.0. The van der Waals surface area contributed by atoms with Crippen molar-refractivity contribution in [3.8, 4) is 22.9 Å². The molecule has 2 aromatic heterocycles. The van der Waals surface area contributed by atoms with Gasteiger partial charge in [0.15, 0.2) is 5.13 Å². The molecule has 2 aliphatic heterocycles. The van der Waals surface area contributed by atoms with Gasteiger partial charge >= 0.3 is 12.1 Å². The number of carboxylic acid groups (broad SMARTS) is 1. The summed E-state index contributed by atoms with van der Waals surface area (Å²) in [6, 6.07) is 3.38. The van der Waals surface area contributed by atoms with Gasteiger partial charge in [0.1, 0.15) is 58.7 Å². The number of carbonyl (C=O) groups excluding carboxylic acids is 3. The number of benzene rings is 1. The minimum absolute atomic E-state index is 0.0361. The molecule has 18 heteroatoms. The lowest BCUT2D eigenvalue weighted by Gasteiger charge is -2.35. The normalized spacial score (nSPS) is 29.2. The monoisotopic (exact) mass is 923 g/mol. The fraction of sp³-hybridized carbons (Fsp3) is 0.652. The van der Waals surface area contributed by atoms with Crippen LogP contribution in [0.25, 0.3) is 22.3 Å². The zero-order chi connectivity index (χ0) is 45.8. The van der Waals surface area contributed by atoms with E-state index in [0.717, 1.165) is 24.5 Å². The number of likely N-dealkylation sites (tertiary alicyclic amines) is 1. The Hall–Kier alpha value is -4.45. The van der Waals surface area contributed by atoms with Gasteiger partial charge in [0, 0.05) is 35.8 Å². The molecule has 10 atom stereocenters. The molecule has 3 saturated carbocycles. The number of pyridine rings is 1. The maximum atomic E-state index is 14.9. The number of anilines is 1. The van der Waals surface area contributed by atoms with Crippen molar-refractivity contribution in [3.63, 3.8) is 0 Å². The molecule has 4 N–H and O–H groups in total. The average molecular weight is 925 g/mol. The molecule has 3 amide bonds. The van der Waals surface area contributed by atoms with Gasteiger partial charge in [-0.2, -0.15) is 0 Å². The van der Waals surface area contributed by atoms with Gasteiger partial charge in [0.05, 0.1) is 37.0 Å². The number of morpholine rings is 1. The topological polar surface area (TPSA) is 194 Å². The van der Waals surface area contributed by atoms with E-state index in [-0.39, 0.29) is 42.1 Å². The molecule has 5 fully saturated rings. The summed E-state index contributed by atoms with van der Waals surface area (Å²) in [4.78, 5) is 68.6. The lowest BCUT2D eigenvalue weighted by atomic mass is 9.85. The van der Waals surface area contributed by atoms with Crippen molar-refractivity contribution < 1.29 is 43.2 Å². The van der Waals surface area contributed by atoms with Gasteiger partial charge < -0.3 is 44.9 Å². The largest absolute Gasteiger partial charge is 0.490 e. The maximum Gasteiger partial charge on any atom is 0.408 e. The number of hydrogen-bond donors (Lipinski definition) is 4. The molecule has 348 valence electrons. The zero-order valence-corrected chi connectivity index (χ0v) is 39.5. The van der Waals surface area contributed by atoms with E-state index in [2.05, 4.69) is 27.8 Å². The number of ether oxygens (including phenoxy) is 4. The van der Waals surface area contributed by atoms with Crippen LogP contribution in [0, 0.1) is 29.1 Å². The third kappa shape index (κ3) is 9.45. The Bertz CT molecular complexity index is 2260. The van der Waals surface area contributed by atoms with Crippen LogP contribution >= 0.6 is 22.9 Å². The number of aromatic nitrogens is 2. The fourth-order valence-electron chi connectivity index (χ4n) is 9.83. The van der Waals surface area contributed by atoms with E-state index in [1.165, 1.54) is 16.2 Å². The Labute approximate surface area is 383 Å². The van der Waals surface area contributed by atoms with Crippen molar-refractivity contribution in [2.45, 2.75) is 122 Å². The first-order valence-electron chi connectivity index (χ1n) is 22.6. The van der Waals surface area contributed by atoms with E-state index in [1.807, 2.05) is 60.0 Å². The number of carbonyl (C=O) groups is 4. The first kappa shape index (κ1) is 46.1. The van der Waals surface area contributed by atoms with Crippen molar-refractivity contribution in [1.29, 1.82) is 0 Å². The zero-order valence-electron chi connectivity index (χ0n) is 37.9. The van der Waals surface area contributed by atoms with Crippen molar-refractivity contribution in [2.24, 2.45) is 29.1 Å². The smallest absolute Gasteiger partial charge is 0.408 e. The number of nitrogens with zero attached hydrogens (tertiary/aromatic N) is 4. The molecule has 64 heavy (non-hydrogen) atoms. The molecular weight excluding hydrogens is 862 g/mol. The number of nitrogens with one attached hydrogen (secondary N) is 3. The van der Waals surface area contributed by atoms with Crippen LogP contribution in [-0.2, 0) is 23.9 Å². The minimum atomic E-state index is -1.42. The Morgan fingerprint density at radius 1 is 1.08 bits per heavy atom. The molecule has 0 radical (unpaired) electrons. The summed E-state index contributed by atoms with van der Waals surface area (Å²) in [5.74, 6) is 0.155. The number of rotatable bonds is 15. The van der Waals surface area contributed by atoms with Crippen LogP contribution in [-0.4, -0.2) is 131 Å². The summed E-state index contributed by atoms with van der Waals surface area (Å²) < 4.78 is 24.6. The molecule has 8 rings (SSSR count). The standard InChI is InChI=1S/C46H62ClN7O9S/c1-9-25-18-46(25,42(57)58)52-40(55)34-16-28(19-54(34)41(56)39(45(5,6)7)51-44(59)63-27-14-30-24(4)31(30)15-27)62-36-17-32(33-22-64-43(50-33)48-23(2)3)49-38-29(36)10-11-35(37(38)47)61-21-26-20-60-13-12-53(26)8/h10-11,17,22-28,30-31,34,39H,9,12-16,18-21H2,1-8H3,(H,48,50)(H,51,59)(H,52,55)(H,57,58)/t24?,25-,26-,27?,28?,30-,31+,34+,39-,46-/m1/s1. The van der Waals surface area contributed by atoms with Gasteiger partial charge in [-0.05, 0) is 81.4 Å². The quantitative estimate of drug-likeness (QED) is 0.130. The Balaban J connectivity index is 1.10. The molecule has 3 aromatic rings. The predicted molar refractivity (Wildman–Crippen MR) is 243 cm³/mol. The number of amides is 3. The van der Waals surface area contributed by atoms with E-state index in [9.17, 15) is 24.3 Å². The maximum absolute atomic E-state index is 14.9. The van der Waals surface area contributed by atoms with Crippen LogP contribution in [0.5, 0.6) is 11.5 Å². The number of aliphatic carboxylic acids is 1. The highest BCUT2D eigenvalue weighted by molar-refractivity contribution is 7.14.